The predicted molar refractivity (Wildman–Crippen MR) is 138 cm³/mol. The zero-order valence-electron chi connectivity index (χ0n) is 19.8. The van der Waals surface area contributed by atoms with Crippen molar-refractivity contribution in [3.63, 3.8) is 0 Å². The summed E-state index contributed by atoms with van der Waals surface area (Å²) in [5.74, 6) is 2.01. The normalized spacial score (nSPS) is 18.5. The number of ether oxygens (including phenoxy) is 2. The summed E-state index contributed by atoms with van der Waals surface area (Å²) < 4.78 is 11.8. The maximum atomic E-state index is 12.5. The van der Waals surface area contributed by atoms with E-state index in [0.717, 1.165) is 61.3 Å². The van der Waals surface area contributed by atoms with Crippen LogP contribution >= 0.6 is 12.4 Å². The zero-order chi connectivity index (χ0) is 22.8. The lowest BCUT2D eigenvalue weighted by Crippen LogP contribution is -2.45. The number of benzene rings is 2. The summed E-state index contributed by atoms with van der Waals surface area (Å²) in [5.41, 5.74) is 2.33. The molecule has 2 saturated heterocycles. The minimum atomic E-state index is -0.226. The van der Waals surface area contributed by atoms with Gasteiger partial charge in [0, 0.05) is 58.2 Å². The van der Waals surface area contributed by atoms with Crippen molar-refractivity contribution in [3.8, 4) is 16.9 Å². The minimum Gasteiger partial charge on any atom is -0.490 e. The number of anilines is 1. The van der Waals surface area contributed by atoms with Crippen molar-refractivity contribution in [2.24, 2.45) is 0 Å². The van der Waals surface area contributed by atoms with Gasteiger partial charge in [-0.15, -0.1) is 12.4 Å². The van der Waals surface area contributed by atoms with E-state index in [9.17, 15) is 4.79 Å². The van der Waals surface area contributed by atoms with Crippen LogP contribution in [0.2, 0.25) is 0 Å². The summed E-state index contributed by atoms with van der Waals surface area (Å²) in [5, 5.41) is 2.33. The van der Waals surface area contributed by atoms with Crippen LogP contribution in [0.3, 0.4) is 0 Å². The zero-order valence-corrected chi connectivity index (χ0v) is 20.6. The number of hydrogen-bond acceptors (Lipinski definition) is 5. The number of hydrogen-bond donors (Lipinski definition) is 0. The third-order valence-corrected chi connectivity index (χ3v) is 6.62. The summed E-state index contributed by atoms with van der Waals surface area (Å²) in [6.45, 7) is 2.18. The third-order valence-electron chi connectivity index (χ3n) is 6.62. The van der Waals surface area contributed by atoms with Crippen molar-refractivity contribution in [1.29, 1.82) is 0 Å². The number of fused-ring (bicyclic) bond motifs is 1. The smallest absolute Gasteiger partial charge is 0.251 e. The van der Waals surface area contributed by atoms with Gasteiger partial charge >= 0.3 is 0 Å². The number of likely N-dealkylation sites (tertiary alicyclic amines) is 1. The average Bonchev–Trinajstić information content (AvgIpc) is 3.39. The van der Waals surface area contributed by atoms with Crippen LogP contribution in [0.4, 0.5) is 5.82 Å². The third kappa shape index (κ3) is 5.13. The highest BCUT2D eigenvalue weighted by Gasteiger charge is 2.31. The summed E-state index contributed by atoms with van der Waals surface area (Å²) >= 11 is 0. The molecular weight excluding hydrogens is 450 g/mol. The fraction of sp³-hybridized carbons (Fsp3) is 0.407. The van der Waals surface area contributed by atoms with E-state index in [4.69, 9.17) is 9.47 Å². The van der Waals surface area contributed by atoms with Gasteiger partial charge in [0.1, 0.15) is 23.8 Å². The molecule has 0 N–H and O–H groups in total. The Kier molecular flexibility index (Phi) is 7.59. The number of pyridine rings is 1. The van der Waals surface area contributed by atoms with Crippen LogP contribution in [0.25, 0.3) is 21.9 Å². The largest absolute Gasteiger partial charge is 0.490 e. The second kappa shape index (κ2) is 10.6. The highest BCUT2D eigenvalue weighted by Crippen LogP contribution is 2.30. The number of amides is 1. The van der Waals surface area contributed by atoms with Gasteiger partial charge in [-0.1, -0.05) is 24.3 Å². The van der Waals surface area contributed by atoms with Gasteiger partial charge in [-0.05, 0) is 53.6 Å². The lowest BCUT2D eigenvalue weighted by molar-refractivity contribution is -0.142. The van der Waals surface area contributed by atoms with E-state index in [1.165, 1.54) is 10.9 Å². The molecular formula is C27H32ClN3O3. The Bertz CT molecular complexity index is 1120. The summed E-state index contributed by atoms with van der Waals surface area (Å²) in [6.07, 6.45) is 5.32. The Morgan fingerprint density at radius 1 is 1.03 bits per heavy atom. The highest BCUT2D eigenvalue weighted by molar-refractivity contribution is 5.94. The maximum absolute atomic E-state index is 12.5. The van der Waals surface area contributed by atoms with E-state index >= 15 is 0 Å². The molecule has 2 aliphatic rings. The summed E-state index contributed by atoms with van der Waals surface area (Å²) in [7, 11) is 4.03. The van der Waals surface area contributed by atoms with Crippen molar-refractivity contribution in [1.82, 2.24) is 9.88 Å². The first-order chi connectivity index (χ1) is 16.1. The predicted octanol–water partition coefficient (Wildman–Crippen LogP) is 4.94. The fourth-order valence-electron chi connectivity index (χ4n) is 4.79. The molecule has 0 bridgehead atoms. The number of carbonyl (C=O) groups excluding carboxylic acids is 1. The first-order valence-corrected chi connectivity index (χ1v) is 11.8. The molecule has 0 aliphatic carbocycles. The van der Waals surface area contributed by atoms with Crippen molar-refractivity contribution in [2.45, 2.75) is 37.9 Å². The van der Waals surface area contributed by atoms with Gasteiger partial charge in [0.05, 0.1) is 0 Å². The first kappa shape index (κ1) is 24.3. The number of piperidine rings is 1. The molecule has 1 atom stereocenters. The lowest BCUT2D eigenvalue weighted by atomic mass is 10.0. The van der Waals surface area contributed by atoms with E-state index in [-0.39, 0.29) is 30.5 Å². The minimum absolute atomic E-state index is 0. The van der Waals surface area contributed by atoms with Crippen LogP contribution in [0, 0.1) is 0 Å². The Labute approximate surface area is 207 Å². The molecule has 2 fully saturated rings. The second-order valence-electron chi connectivity index (χ2n) is 9.13. The standard InChI is InChI=1S/C27H31N3O3.ClH/c1-29(2)26-24-10-7-20(18-21(24)11-14-28-26)19-5-8-22(9-6-19)33-23-12-15-30(16-13-23)27(31)25-4-3-17-32-25;/h5-11,14,18,23,25H,3-4,12-13,15-17H2,1-2H3;1H/t25-;/m1./s1. The molecule has 34 heavy (non-hydrogen) atoms. The van der Waals surface area contributed by atoms with Gasteiger partial charge in [-0.25, -0.2) is 4.98 Å². The SMILES string of the molecule is CN(C)c1nccc2cc(-c3ccc(OC4CCN(C(=O)[C@H]5CCCO5)CC4)cc3)ccc12.Cl. The van der Waals surface area contributed by atoms with Gasteiger partial charge in [0.2, 0.25) is 0 Å². The number of carbonyl (C=O) groups is 1. The van der Waals surface area contributed by atoms with Gasteiger partial charge in [-0.2, -0.15) is 0 Å². The summed E-state index contributed by atoms with van der Waals surface area (Å²) in [6, 6.07) is 16.9. The number of aromatic nitrogens is 1. The molecule has 1 amide bonds. The molecule has 6 nitrogen and oxygen atoms in total. The van der Waals surface area contributed by atoms with Gasteiger partial charge in [-0.3, -0.25) is 4.79 Å². The Hall–Kier alpha value is -2.83. The number of rotatable bonds is 5. The molecule has 2 aromatic carbocycles. The monoisotopic (exact) mass is 481 g/mol. The Balaban J connectivity index is 0.00000274. The molecule has 1 aromatic heterocycles. The molecule has 0 radical (unpaired) electrons. The number of nitrogens with zero attached hydrogens (tertiary/aromatic N) is 3. The first-order valence-electron chi connectivity index (χ1n) is 11.8. The maximum Gasteiger partial charge on any atom is 0.251 e. The summed E-state index contributed by atoms with van der Waals surface area (Å²) in [4.78, 5) is 21.0. The van der Waals surface area contributed by atoms with Crippen molar-refractivity contribution >= 4 is 34.9 Å². The second-order valence-corrected chi connectivity index (χ2v) is 9.13. The molecule has 3 aromatic rings. The molecule has 2 aliphatic heterocycles. The highest BCUT2D eigenvalue weighted by atomic mass is 35.5. The molecule has 3 heterocycles. The fourth-order valence-corrected chi connectivity index (χ4v) is 4.79. The van der Waals surface area contributed by atoms with E-state index in [1.54, 1.807) is 0 Å². The molecule has 180 valence electrons. The Morgan fingerprint density at radius 2 is 1.76 bits per heavy atom. The van der Waals surface area contributed by atoms with Crippen LogP contribution in [0.15, 0.2) is 54.7 Å². The molecule has 5 rings (SSSR count). The van der Waals surface area contributed by atoms with Crippen LogP contribution < -0.4 is 9.64 Å². The van der Waals surface area contributed by atoms with Crippen LogP contribution in [-0.2, 0) is 9.53 Å². The van der Waals surface area contributed by atoms with Gasteiger partial charge in [0.15, 0.2) is 0 Å². The number of halogens is 1. The molecule has 0 saturated carbocycles. The lowest BCUT2D eigenvalue weighted by Gasteiger charge is -2.33. The molecule has 0 unspecified atom stereocenters. The van der Waals surface area contributed by atoms with Gasteiger partial charge < -0.3 is 19.3 Å². The van der Waals surface area contributed by atoms with Crippen LogP contribution in [0.1, 0.15) is 25.7 Å². The van der Waals surface area contributed by atoms with Crippen LogP contribution in [-0.4, -0.2) is 61.8 Å². The van der Waals surface area contributed by atoms with Crippen molar-refractivity contribution in [3.05, 3.63) is 54.7 Å². The van der Waals surface area contributed by atoms with E-state index in [0.29, 0.717) is 6.61 Å². The van der Waals surface area contributed by atoms with E-state index in [2.05, 4.69) is 41.4 Å². The van der Waals surface area contributed by atoms with E-state index in [1.807, 2.05) is 42.2 Å². The van der Waals surface area contributed by atoms with Gasteiger partial charge in [0.25, 0.3) is 5.91 Å². The van der Waals surface area contributed by atoms with Crippen molar-refractivity contribution in [2.75, 3.05) is 38.7 Å². The van der Waals surface area contributed by atoms with E-state index < -0.39 is 0 Å². The molecule has 7 heteroatoms. The van der Waals surface area contributed by atoms with Crippen LogP contribution in [0.5, 0.6) is 5.75 Å². The Morgan fingerprint density at radius 3 is 2.44 bits per heavy atom. The van der Waals surface area contributed by atoms with Crippen molar-refractivity contribution < 1.29 is 14.3 Å². The average molecular weight is 482 g/mol. The topological polar surface area (TPSA) is 54.9 Å². The quantitative estimate of drug-likeness (QED) is 0.516. The molecule has 0 spiro atoms.